The number of carbonyl (C=O) groups excluding carboxylic acids is 1. The molecule has 28 heavy (non-hydrogen) atoms. The van der Waals surface area contributed by atoms with Gasteiger partial charge in [-0.15, -0.1) is 0 Å². The third-order valence-corrected chi connectivity index (χ3v) is 5.16. The molecule has 1 aromatic heterocycles. The van der Waals surface area contributed by atoms with Gasteiger partial charge < -0.3 is 14.2 Å². The SMILES string of the molecule is CCc1ccc(-c2noc(C3CCC(=O)N3Cc3cccc(OC)c3)n2)cc1. The molecule has 6 heteroatoms. The highest BCUT2D eigenvalue weighted by Crippen LogP contribution is 2.34. The van der Waals surface area contributed by atoms with Gasteiger partial charge in [0.25, 0.3) is 0 Å². The van der Waals surface area contributed by atoms with Crippen LogP contribution < -0.4 is 4.74 Å². The molecule has 1 amide bonds. The van der Waals surface area contributed by atoms with Crippen molar-refractivity contribution in [1.29, 1.82) is 0 Å². The Morgan fingerprint density at radius 1 is 1.18 bits per heavy atom. The van der Waals surface area contributed by atoms with Crippen molar-refractivity contribution in [1.82, 2.24) is 15.0 Å². The van der Waals surface area contributed by atoms with E-state index in [4.69, 9.17) is 9.26 Å². The van der Waals surface area contributed by atoms with E-state index in [1.54, 1.807) is 7.11 Å². The first-order valence-electron chi connectivity index (χ1n) is 9.53. The standard InChI is InChI=1S/C22H23N3O3/c1-3-15-7-9-17(10-8-15)21-23-22(28-24-21)19-11-12-20(26)25(19)14-16-5-4-6-18(13-16)27-2/h4-10,13,19H,3,11-12,14H2,1-2H3. The van der Waals surface area contributed by atoms with Gasteiger partial charge in [-0.3, -0.25) is 4.79 Å². The Morgan fingerprint density at radius 3 is 2.75 bits per heavy atom. The van der Waals surface area contributed by atoms with Crippen molar-refractivity contribution >= 4 is 5.91 Å². The minimum Gasteiger partial charge on any atom is -0.497 e. The fourth-order valence-electron chi connectivity index (χ4n) is 3.53. The lowest BCUT2D eigenvalue weighted by atomic mass is 10.1. The van der Waals surface area contributed by atoms with E-state index in [9.17, 15) is 4.79 Å². The van der Waals surface area contributed by atoms with Crippen LogP contribution in [0.2, 0.25) is 0 Å². The fraction of sp³-hybridized carbons (Fsp3) is 0.318. The van der Waals surface area contributed by atoms with Crippen LogP contribution in [0.5, 0.6) is 5.75 Å². The number of amides is 1. The Hall–Kier alpha value is -3.15. The van der Waals surface area contributed by atoms with Gasteiger partial charge in [-0.25, -0.2) is 0 Å². The highest BCUT2D eigenvalue weighted by atomic mass is 16.5. The molecular weight excluding hydrogens is 354 g/mol. The molecule has 1 atom stereocenters. The third-order valence-electron chi connectivity index (χ3n) is 5.16. The normalized spacial score (nSPS) is 16.6. The van der Waals surface area contributed by atoms with Gasteiger partial charge in [0.1, 0.15) is 11.8 Å². The predicted octanol–water partition coefficient (Wildman–Crippen LogP) is 4.17. The van der Waals surface area contributed by atoms with Crippen LogP contribution >= 0.6 is 0 Å². The smallest absolute Gasteiger partial charge is 0.249 e. The van der Waals surface area contributed by atoms with Crippen molar-refractivity contribution in [3.63, 3.8) is 0 Å². The number of ether oxygens (including phenoxy) is 1. The Labute approximate surface area is 164 Å². The van der Waals surface area contributed by atoms with Crippen LogP contribution in [-0.2, 0) is 17.8 Å². The van der Waals surface area contributed by atoms with Gasteiger partial charge in [-0.05, 0) is 36.1 Å². The zero-order valence-electron chi connectivity index (χ0n) is 16.1. The van der Waals surface area contributed by atoms with Gasteiger partial charge in [0.05, 0.1) is 7.11 Å². The lowest BCUT2D eigenvalue weighted by Crippen LogP contribution is -2.27. The van der Waals surface area contributed by atoms with Crippen molar-refractivity contribution in [3.8, 4) is 17.1 Å². The van der Waals surface area contributed by atoms with Crippen molar-refractivity contribution < 1.29 is 14.1 Å². The van der Waals surface area contributed by atoms with Gasteiger partial charge >= 0.3 is 0 Å². The molecule has 0 aliphatic carbocycles. The van der Waals surface area contributed by atoms with Crippen molar-refractivity contribution in [2.75, 3.05) is 7.11 Å². The molecule has 1 aliphatic rings. The minimum absolute atomic E-state index is 0.0971. The van der Waals surface area contributed by atoms with E-state index in [1.807, 2.05) is 41.3 Å². The first-order valence-corrected chi connectivity index (χ1v) is 9.53. The first kappa shape index (κ1) is 18.2. The van der Waals surface area contributed by atoms with Gasteiger partial charge in [0.15, 0.2) is 0 Å². The van der Waals surface area contributed by atoms with E-state index in [1.165, 1.54) is 5.56 Å². The number of aromatic nitrogens is 2. The Balaban J connectivity index is 1.55. The molecule has 0 saturated carbocycles. The van der Waals surface area contributed by atoms with Crippen molar-refractivity contribution in [2.24, 2.45) is 0 Å². The number of likely N-dealkylation sites (tertiary alicyclic amines) is 1. The number of benzene rings is 2. The summed E-state index contributed by atoms with van der Waals surface area (Å²) in [6.45, 7) is 2.61. The molecule has 2 heterocycles. The Bertz CT molecular complexity index is 965. The number of rotatable bonds is 6. The maximum atomic E-state index is 12.5. The maximum Gasteiger partial charge on any atom is 0.249 e. The summed E-state index contributed by atoms with van der Waals surface area (Å²) in [4.78, 5) is 18.9. The van der Waals surface area contributed by atoms with Gasteiger partial charge in [-0.1, -0.05) is 48.5 Å². The second-order valence-corrected chi connectivity index (χ2v) is 6.93. The number of hydrogen-bond acceptors (Lipinski definition) is 5. The monoisotopic (exact) mass is 377 g/mol. The molecule has 2 aromatic carbocycles. The van der Waals surface area contributed by atoms with E-state index in [2.05, 4.69) is 29.2 Å². The molecule has 3 aromatic rings. The molecule has 4 rings (SSSR count). The molecule has 1 unspecified atom stereocenters. The molecule has 0 N–H and O–H groups in total. The number of nitrogens with zero attached hydrogens (tertiary/aromatic N) is 3. The average molecular weight is 377 g/mol. The quantitative estimate of drug-likeness (QED) is 0.645. The summed E-state index contributed by atoms with van der Waals surface area (Å²) in [5.74, 6) is 1.91. The average Bonchev–Trinajstić information content (AvgIpc) is 3.36. The zero-order chi connectivity index (χ0) is 19.5. The van der Waals surface area contributed by atoms with Crippen LogP contribution in [0.25, 0.3) is 11.4 Å². The Morgan fingerprint density at radius 2 is 2.00 bits per heavy atom. The predicted molar refractivity (Wildman–Crippen MR) is 105 cm³/mol. The molecule has 0 bridgehead atoms. The number of aryl methyl sites for hydroxylation is 1. The molecular formula is C22H23N3O3. The van der Waals surface area contributed by atoms with Crippen molar-refractivity contribution in [2.45, 2.75) is 38.8 Å². The number of methoxy groups -OCH3 is 1. The van der Waals surface area contributed by atoms with Crippen molar-refractivity contribution in [3.05, 3.63) is 65.5 Å². The summed E-state index contributed by atoms with van der Waals surface area (Å²) in [5, 5.41) is 4.14. The van der Waals surface area contributed by atoms with E-state index in [0.717, 1.165) is 23.3 Å². The highest BCUT2D eigenvalue weighted by Gasteiger charge is 2.36. The van der Waals surface area contributed by atoms with Gasteiger partial charge in [0.2, 0.25) is 17.6 Å². The zero-order valence-corrected chi connectivity index (χ0v) is 16.1. The summed E-state index contributed by atoms with van der Waals surface area (Å²) in [5.41, 5.74) is 3.18. The van der Waals surface area contributed by atoms with Crippen LogP contribution in [0.4, 0.5) is 0 Å². The molecule has 1 saturated heterocycles. The molecule has 1 aliphatic heterocycles. The van der Waals surface area contributed by atoms with Crippen LogP contribution in [-0.4, -0.2) is 28.1 Å². The molecule has 6 nitrogen and oxygen atoms in total. The molecule has 0 radical (unpaired) electrons. The number of hydrogen-bond donors (Lipinski definition) is 0. The van der Waals surface area contributed by atoms with Crippen LogP contribution in [0.3, 0.4) is 0 Å². The lowest BCUT2D eigenvalue weighted by molar-refractivity contribution is -0.130. The van der Waals surface area contributed by atoms with Crippen LogP contribution in [0.1, 0.15) is 42.8 Å². The molecule has 144 valence electrons. The lowest BCUT2D eigenvalue weighted by Gasteiger charge is -2.22. The summed E-state index contributed by atoms with van der Waals surface area (Å²) < 4.78 is 10.8. The van der Waals surface area contributed by atoms with Crippen LogP contribution in [0, 0.1) is 0 Å². The van der Waals surface area contributed by atoms with Gasteiger partial charge in [-0.2, -0.15) is 4.98 Å². The van der Waals surface area contributed by atoms with Gasteiger partial charge in [0, 0.05) is 18.5 Å². The summed E-state index contributed by atoms with van der Waals surface area (Å²) in [6, 6.07) is 15.7. The summed E-state index contributed by atoms with van der Waals surface area (Å²) in [6.07, 6.45) is 2.15. The highest BCUT2D eigenvalue weighted by molar-refractivity contribution is 5.78. The summed E-state index contributed by atoms with van der Waals surface area (Å²) in [7, 11) is 1.63. The van der Waals surface area contributed by atoms with E-state index < -0.39 is 0 Å². The first-order chi connectivity index (χ1) is 13.7. The second kappa shape index (κ2) is 7.84. The van der Waals surface area contributed by atoms with E-state index in [0.29, 0.717) is 31.1 Å². The number of carbonyl (C=O) groups is 1. The molecule has 0 spiro atoms. The van der Waals surface area contributed by atoms with E-state index in [-0.39, 0.29) is 11.9 Å². The molecule has 1 fully saturated rings. The second-order valence-electron chi connectivity index (χ2n) is 6.93. The largest absolute Gasteiger partial charge is 0.497 e. The maximum absolute atomic E-state index is 12.5. The Kier molecular flexibility index (Phi) is 5.10. The third kappa shape index (κ3) is 3.63. The summed E-state index contributed by atoms with van der Waals surface area (Å²) >= 11 is 0. The van der Waals surface area contributed by atoms with E-state index >= 15 is 0 Å². The minimum atomic E-state index is -0.199. The van der Waals surface area contributed by atoms with Crippen LogP contribution in [0.15, 0.2) is 53.1 Å². The topological polar surface area (TPSA) is 68.5 Å². The fourth-order valence-corrected chi connectivity index (χ4v) is 3.53.